The van der Waals surface area contributed by atoms with Crippen LogP contribution < -0.4 is 15.8 Å². The summed E-state index contributed by atoms with van der Waals surface area (Å²) in [7, 11) is 0. The van der Waals surface area contributed by atoms with Crippen molar-refractivity contribution in [1.82, 2.24) is 5.32 Å². The molecule has 0 saturated carbocycles. The number of fused-ring (bicyclic) bond motifs is 3. The van der Waals surface area contributed by atoms with E-state index in [0.29, 0.717) is 39.1 Å². The van der Waals surface area contributed by atoms with Crippen molar-refractivity contribution in [3.05, 3.63) is 53.6 Å². The molecule has 0 spiro atoms. The van der Waals surface area contributed by atoms with Gasteiger partial charge in [0.1, 0.15) is 18.4 Å². The summed E-state index contributed by atoms with van der Waals surface area (Å²) < 4.78 is 11.2. The van der Waals surface area contributed by atoms with Gasteiger partial charge in [0.15, 0.2) is 0 Å². The molecule has 6 nitrogen and oxygen atoms in total. The van der Waals surface area contributed by atoms with Crippen molar-refractivity contribution in [3.63, 3.8) is 0 Å². The lowest BCUT2D eigenvalue weighted by Gasteiger charge is -2.32. The molecule has 2 heterocycles. The van der Waals surface area contributed by atoms with Gasteiger partial charge in [0.25, 0.3) is 0 Å². The molecule has 3 N–H and O–H groups in total. The van der Waals surface area contributed by atoms with Gasteiger partial charge in [0, 0.05) is 25.2 Å². The number of nitrogens with two attached hydrogens (primary N) is 1. The predicted molar refractivity (Wildman–Crippen MR) is 104 cm³/mol. The van der Waals surface area contributed by atoms with Crippen molar-refractivity contribution < 1.29 is 14.3 Å². The van der Waals surface area contributed by atoms with Gasteiger partial charge in [0.05, 0.1) is 11.6 Å². The van der Waals surface area contributed by atoms with Gasteiger partial charge in [0.2, 0.25) is 5.91 Å². The maximum absolute atomic E-state index is 12.6. The van der Waals surface area contributed by atoms with Crippen LogP contribution in [0.4, 0.5) is 0 Å². The number of nitrogens with one attached hydrogen (secondary N) is 1. The molecular weight excluding hydrogens is 354 g/mol. The Kier molecular flexibility index (Phi) is 5.03. The highest BCUT2D eigenvalue weighted by Crippen LogP contribution is 2.38. The fourth-order valence-corrected chi connectivity index (χ4v) is 3.73. The second-order valence-corrected chi connectivity index (χ2v) is 7.40. The summed E-state index contributed by atoms with van der Waals surface area (Å²) in [6, 6.07) is 15.6. The molecule has 0 bridgehead atoms. The monoisotopic (exact) mass is 377 g/mol. The number of hydrogen-bond acceptors (Lipinski definition) is 5. The number of nitriles is 1. The number of ether oxygens (including phenoxy) is 2. The largest absolute Gasteiger partial charge is 0.488 e. The van der Waals surface area contributed by atoms with E-state index in [4.69, 9.17) is 15.2 Å². The average Bonchev–Trinajstić information content (AvgIpc) is 2.73. The molecule has 1 unspecified atom stereocenters. The van der Waals surface area contributed by atoms with Crippen molar-refractivity contribution >= 4 is 5.91 Å². The molecule has 4 rings (SSSR count). The average molecular weight is 377 g/mol. The Morgan fingerprint density at radius 1 is 1.21 bits per heavy atom. The number of amides is 1. The van der Waals surface area contributed by atoms with E-state index in [1.54, 1.807) is 0 Å². The SMILES string of the molecule is N#CC(Cc1ccc2c(c1)OCc1ccccc1-2)NC(=O)C1(N)CCOCC1. The summed E-state index contributed by atoms with van der Waals surface area (Å²) in [6.45, 7) is 1.46. The third kappa shape index (κ3) is 3.59. The highest BCUT2D eigenvalue weighted by Gasteiger charge is 2.36. The van der Waals surface area contributed by atoms with Gasteiger partial charge < -0.3 is 20.5 Å². The van der Waals surface area contributed by atoms with Crippen LogP contribution in [0.3, 0.4) is 0 Å². The molecule has 6 heteroatoms. The van der Waals surface area contributed by atoms with Crippen molar-refractivity contribution in [2.75, 3.05) is 13.2 Å². The first kappa shape index (κ1) is 18.5. The van der Waals surface area contributed by atoms with E-state index in [0.717, 1.165) is 22.4 Å². The number of carbonyl (C=O) groups is 1. The molecule has 1 fully saturated rings. The topological polar surface area (TPSA) is 97.4 Å². The van der Waals surface area contributed by atoms with E-state index in [-0.39, 0.29) is 5.91 Å². The third-order valence-electron chi connectivity index (χ3n) is 5.47. The Hall–Kier alpha value is -2.88. The van der Waals surface area contributed by atoms with E-state index in [1.807, 2.05) is 30.3 Å². The van der Waals surface area contributed by atoms with Gasteiger partial charge in [-0.25, -0.2) is 0 Å². The minimum absolute atomic E-state index is 0.287. The van der Waals surface area contributed by atoms with E-state index in [2.05, 4.69) is 23.5 Å². The third-order valence-corrected chi connectivity index (χ3v) is 5.47. The summed E-state index contributed by atoms with van der Waals surface area (Å²) in [4.78, 5) is 12.6. The van der Waals surface area contributed by atoms with E-state index < -0.39 is 11.6 Å². The maximum Gasteiger partial charge on any atom is 0.241 e. The second-order valence-electron chi connectivity index (χ2n) is 7.40. The van der Waals surface area contributed by atoms with Crippen molar-refractivity contribution in [3.8, 4) is 22.9 Å². The van der Waals surface area contributed by atoms with E-state index >= 15 is 0 Å². The fourth-order valence-electron chi connectivity index (χ4n) is 3.73. The normalized spacial score (nSPS) is 18.0. The first-order chi connectivity index (χ1) is 13.6. The molecule has 0 aromatic heterocycles. The molecule has 1 atom stereocenters. The summed E-state index contributed by atoms with van der Waals surface area (Å²) in [5.41, 5.74) is 9.57. The summed E-state index contributed by atoms with van der Waals surface area (Å²) in [6.07, 6.45) is 1.32. The molecule has 2 aliphatic heterocycles. The quantitative estimate of drug-likeness (QED) is 0.852. The Bertz CT molecular complexity index is 929. The first-order valence-electron chi connectivity index (χ1n) is 9.50. The highest BCUT2D eigenvalue weighted by atomic mass is 16.5. The standard InChI is InChI=1S/C22H23N3O3/c23-13-17(25-21(26)22(24)7-9-27-10-8-22)11-15-5-6-19-18-4-2-1-3-16(18)14-28-20(19)12-15/h1-6,12,17H,7-11,14,24H2,(H,25,26). The van der Waals surface area contributed by atoms with Crippen molar-refractivity contribution in [2.45, 2.75) is 37.5 Å². The van der Waals surface area contributed by atoms with Crippen LogP contribution in [0, 0.1) is 11.3 Å². The van der Waals surface area contributed by atoms with Crippen LogP contribution in [0.25, 0.3) is 11.1 Å². The number of benzene rings is 2. The first-order valence-corrected chi connectivity index (χ1v) is 9.50. The van der Waals surface area contributed by atoms with Crippen LogP contribution >= 0.6 is 0 Å². The van der Waals surface area contributed by atoms with E-state index in [1.165, 1.54) is 5.56 Å². The molecule has 2 aromatic rings. The summed E-state index contributed by atoms with van der Waals surface area (Å²) in [5.74, 6) is 0.518. The minimum Gasteiger partial charge on any atom is -0.488 e. The van der Waals surface area contributed by atoms with Crippen LogP contribution in [0.1, 0.15) is 24.0 Å². The number of rotatable bonds is 4. The molecule has 144 valence electrons. The Morgan fingerprint density at radius 3 is 2.79 bits per heavy atom. The molecular formula is C22H23N3O3. The number of hydrogen-bond donors (Lipinski definition) is 2. The van der Waals surface area contributed by atoms with Crippen LogP contribution in [0.2, 0.25) is 0 Å². The van der Waals surface area contributed by atoms with Crippen molar-refractivity contribution in [2.24, 2.45) is 5.73 Å². The molecule has 1 amide bonds. The van der Waals surface area contributed by atoms with Crippen LogP contribution in [-0.2, 0) is 22.6 Å². The smallest absolute Gasteiger partial charge is 0.241 e. The molecule has 2 aromatic carbocycles. The lowest BCUT2D eigenvalue weighted by molar-refractivity contribution is -0.130. The molecule has 0 radical (unpaired) electrons. The Balaban J connectivity index is 1.48. The van der Waals surface area contributed by atoms with Gasteiger partial charge in [-0.3, -0.25) is 4.79 Å². The summed E-state index contributed by atoms with van der Waals surface area (Å²) in [5, 5.41) is 12.3. The fraction of sp³-hybridized carbons (Fsp3) is 0.364. The van der Waals surface area contributed by atoms with Crippen LogP contribution in [0.15, 0.2) is 42.5 Å². The maximum atomic E-state index is 12.6. The molecule has 28 heavy (non-hydrogen) atoms. The molecule has 0 aliphatic carbocycles. The lowest BCUT2D eigenvalue weighted by Crippen LogP contribution is -2.58. The van der Waals surface area contributed by atoms with Crippen LogP contribution in [0.5, 0.6) is 5.75 Å². The van der Waals surface area contributed by atoms with Gasteiger partial charge in [-0.1, -0.05) is 36.4 Å². The lowest BCUT2D eigenvalue weighted by atomic mass is 9.89. The minimum atomic E-state index is -0.962. The van der Waals surface area contributed by atoms with Gasteiger partial charge in [-0.05, 0) is 35.6 Å². The number of carbonyl (C=O) groups excluding carboxylic acids is 1. The van der Waals surface area contributed by atoms with Gasteiger partial charge in [-0.2, -0.15) is 5.26 Å². The Morgan fingerprint density at radius 2 is 2.00 bits per heavy atom. The van der Waals surface area contributed by atoms with Gasteiger partial charge in [-0.15, -0.1) is 0 Å². The van der Waals surface area contributed by atoms with Crippen molar-refractivity contribution in [1.29, 1.82) is 5.26 Å². The van der Waals surface area contributed by atoms with Gasteiger partial charge >= 0.3 is 0 Å². The zero-order valence-corrected chi connectivity index (χ0v) is 15.6. The number of nitrogens with zero attached hydrogens (tertiary/aromatic N) is 1. The highest BCUT2D eigenvalue weighted by molar-refractivity contribution is 5.86. The Labute approximate surface area is 164 Å². The zero-order chi connectivity index (χ0) is 19.6. The zero-order valence-electron chi connectivity index (χ0n) is 15.6. The van der Waals surface area contributed by atoms with E-state index in [9.17, 15) is 10.1 Å². The molecule has 2 aliphatic rings. The summed E-state index contributed by atoms with van der Waals surface area (Å²) >= 11 is 0. The molecule has 1 saturated heterocycles. The predicted octanol–water partition coefficient (Wildman–Crippen LogP) is 2.30. The second kappa shape index (κ2) is 7.63. The van der Waals surface area contributed by atoms with Crippen LogP contribution in [-0.4, -0.2) is 30.7 Å².